The second kappa shape index (κ2) is 9.84. The van der Waals surface area contributed by atoms with E-state index in [1.807, 2.05) is 13.8 Å². The summed E-state index contributed by atoms with van der Waals surface area (Å²) in [6, 6.07) is 1.71. The zero-order valence-electron chi connectivity index (χ0n) is 15.6. The van der Waals surface area contributed by atoms with Crippen LogP contribution in [0.1, 0.15) is 41.8 Å². The Kier molecular flexibility index (Phi) is 8.14. The smallest absolute Gasteiger partial charge is 0.387 e. The van der Waals surface area contributed by atoms with Crippen molar-refractivity contribution in [3.8, 4) is 5.75 Å². The number of halogens is 2. The van der Waals surface area contributed by atoms with Crippen molar-refractivity contribution < 1.29 is 33.0 Å². The summed E-state index contributed by atoms with van der Waals surface area (Å²) >= 11 is 0. The number of rotatable bonds is 9. The van der Waals surface area contributed by atoms with Crippen LogP contribution < -0.4 is 15.4 Å². The van der Waals surface area contributed by atoms with Crippen LogP contribution >= 0.6 is 0 Å². The molecule has 0 saturated heterocycles. The van der Waals surface area contributed by atoms with Crippen molar-refractivity contribution in [1.29, 1.82) is 0 Å². The number of carbonyl (C=O) groups is 3. The molecule has 0 bridgehead atoms. The lowest BCUT2D eigenvalue weighted by Crippen LogP contribution is -2.46. The predicted molar refractivity (Wildman–Crippen MR) is 93.9 cm³/mol. The summed E-state index contributed by atoms with van der Waals surface area (Å²) in [7, 11) is 0. The summed E-state index contributed by atoms with van der Waals surface area (Å²) in [6.07, 6.45) is 0.263. The molecule has 3 N–H and O–H groups in total. The molecule has 0 unspecified atom stereocenters. The molecule has 1 rings (SSSR count). The van der Waals surface area contributed by atoms with E-state index in [2.05, 4.69) is 15.4 Å². The van der Waals surface area contributed by atoms with Gasteiger partial charge in [0.15, 0.2) is 0 Å². The highest BCUT2D eigenvalue weighted by molar-refractivity contribution is 5.97. The average molecular weight is 386 g/mol. The third kappa shape index (κ3) is 7.20. The van der Waals surface area contributed by atoms with E-state index in [4.69, 9.17) is 5.11 Å². The summed E-state index contributed by atoms with van der Waals surface area (Å²) in [5.74, 6) is -2.30. The third-order valence-corrected chi connectivity index (χ3v) is 3.68. The molecule has 0 aliphatic heterocycles. The number of aliphatic carboxylic acids is 1. The molecule has 0 saturated carbocycles. The van der Waals surface area contributed by atoms with Gasteiger partial charge < -0.3 is 20.5 Å². The molecule has 7 nitrogen and oxygen atoms in total. The molecule has 0 fully saturated rings. The highest BCUT2D eigenvalue weighted by Gasteiger charge is 2.21. The molecule has 9 heteroatoms. The zero-order chi connectivity index (χ0) is 20.7. The highest BCUT2D eigenvalue weighted by Crippen LogP contribution is 2.26. The van der Waals surface area contributed by atoms with Crippen LogP contribution in [0, 0.1) is 19.8 Å². The van der Waals surface area contributed by atoms with Gasteiger partial charge in [-0.15, -0.1) is 0 Å². The molecule has 27 heavy (non-hydrogen) atoms. The minimum Gasteiger partial charge on any atom is -0.480 e. The van der Waals surface area contributed by atoms with Crippen molar-refractivity contribution >= 4 is 17.8 Å². The summed E-state index contributed by atoms with van der Waals surface area (Å²) < 4.78 is 29.2. The van der Waals surface area contributed by atoms with Crippen molar-refractivity contribution in [2.45, 2.75) is 46.8 Å². The fourth-order valence-corrected chi connectivity index (χ4v) is 2.56. The Bertz CT molecular complexity index is 684. The normalized spacial score (nSPS) is 12.0. The number of carboxylic acids is 1. The van der Waals surface area contributed by atoms with E-state index < -0.39 is 37.0 Å². The van der Waals surface area contributed by atoms with Gasteiger partial charge in [-0.25, -0.2) is 4.79 Å². The van der Waals surface area contributed by atoms with Gasteiger partial charge in [0.1, 0.15) is 11.8 Å². The molecule has 0 spiro atoms. The number of hydrogen-bond acceptors (Lipinski definition) is 4. The van der Waals surface area contributed by atoms with Gasteiger partial charge in [0.05, 0.1) is 6.54 Å². The summed E-state index contributed by atoms with van der Waals surface area (Å²) in [5, 5.41) is 13.8. The molecule has 0 aliphatic carbocycles. The van der Waals surface area contributed by atoms with E-state index in [0.29, 0.717) is 11.1 Å². The fourth-order valence-electron chi connectivity index (χ4n) is 2.56. The van der Waals surface area contributed by atoms with Gasteiger partial charge in [-0.2, -0.15) is 8.78 Å². The third-order valence-electron chi connectivity index (χ3n) is 3.68. The van der Waals surface area contributed by atoms with E-state index in [9.17, 15) is 23.2 Å². The van der Waals surface area contributed by atoms with Crippen LogP contribution in [0.5, 0.6) is 5.75 Å². The second-order valence-electron chi connectivity index (χ2n) is 6.59. The van der Waals surface area contributed by atoms with Crippen LogP contribution in [0.3, 0.4) is 0 Å². The number of ether oxygens (including phenoxy) is 1. The van der Waals surface area contributed by atoms with Crippen LogP contribution in [0.2, 0.25) is 0 Å². The van der Waals surface area contributed by atoms with Gasteiger partial charge in [0, 0.05) is 5.56 Å². The summed E-state index contributed by atoms with van der Waals surface area (Å²) in [4.78, 5) is 35.2. The van der Waals surface area contributed by atoms with Gasteiger partial charge in [-0.05, 0) is 49.4 Å². The fraction of sp³-hybridized carbons (Fsp3) is 0.500. The summed E-state index contributed by atoms with van der Waals surface area (Å²) in [5.41, 5.74) is 0.886. The number of carbonyl (C=O) groups excluding carboxylic acids is 2. The number of nitrogens with one attached hydrogen (secondary N) is 2. The maximum absolute atomic E-state index is 12.4. The Morgan fingerprint density at radius 2 is 1.70 bits per heavy atom. The zero-order valence-corrected chi connectivity index (χ0v) is 15.6. The molecular formula is C18H24F2N2O5. The first kappa shape index (κ1) is 22.3. The van der Waals surface area contributed by atoms with E-state index in [1.54, 1.807) is 0 Å². The predicted octanol–water partition coefficient (Wildman–Crippen LogP) is 2.25. The number of carboxylic acid groups (broad SMARTS) is 1. The molecular weight excluding hydrogens is 362 g/mol. The van der Waals surface area contributed by atoms with Crippen molar-refractivity contribution in [3.05, 3.63) is 28.8 Å². The van der Waals surface area contributed by atoms with E-state index in [1.165, 1.54) is 26.0 Å². The molecule has 0 aromatic heterocycles. The molecule has 2 amide bonds. The standard InChI is InChI=1S/C18H24F2N2O5/c1-9(2)5-13(17(25)26)22-14(23)8-21-16(24)12-6-10(3)15(11(4)7-12)27-18(19)20/h6-7,9,13,18H,5,8H2,1-4H3,(H,21,24)(H,22,23)(H,25,26)/t13-/m0/s1. The first-order valence-corrected chi connectivity index (χ1v) is 8.37. The highest BCUT2D eigenvalue weighted by atomic mass is 19.3. The van der Waals surface area contributed by atoms with Crippen LogP contribution in [-0.4, -0.2) is 42.1 Å². The van der Waals surface area contributed by atoms with E-state index in [-0.39, 0.29) is 23.7 Å². The molecule has 1 atom stereocenters. The Balaban J connectivity index is 2.71. The molecule has 150 valence electrons. The molecule has 0 heterocycles. The first-order chi connectivity index (χ1) is 12.5. The molecule has 1 aromatic rings. The topological polar surface area (TPSA) is 105 Å². The Morgan fingerprint density at radius 1 is 1.15 bits per heavy atom. The number of hydrogen-bond donors (Lipinski definition) is 3. The van der Waals surface area contributed by atoms with Crippen molar-refractivity contribution in [2.24, 2.45) is 5.92 Å². The number of benzene rings is 1. The Hall–Kier alpha value is -2.71. The maximum atomic E-state index is 12.4. The largest absolute Gasteiger partial charge is 0.480 e. The van der Waals surface area contributed by atoms with E-state index in [0.717, 1.165) is 0 Å². The van der Waals surface area contributed by atoms with Gasteiger partial charge in [0.25, 0.3) is 5.91 Å². The number of aryl methyl sites for hydroxylation is 2. The first-order valence-electron chi connectivity index (χ1n) is 8.37. The van der Waals surface area contributed by atoms with Crippen molar-refractivity contribution in [1.82, 2.24) is 10.6 Å². The van der Waals surface area contributed by atoms with Crippen molar-refractivity contribution in [2.75, 3.05) is 6.54 Å². The van der Waals surface area contributed by atoms with Crippen LogP contribution in [0.4, 0.5) is 8.78 Å². The summed E-state index contributed by atoms with van der Waals surface area (Å²) in [6.45, 7) is 3.33. The van der Waals surface area contributed by atoms with Crippen LogP contribution in [-0.2, 0) is 9.59 Å². The number of amides is 2. The Labute approximate surface area is 156 Å². The molecule has 1 aromatic carbocycles. The lowest BCUT2D eigenvalue weighted by atomic mass is 10.0. The maximum Gasteiger partial charge on any atom is 0.387 e. The lowest BCUT2D eigenvalue weighted by molar-refractivity contribution is -0.142. The van der Waals surface area contributed by atoms with E-state index >= 15 is 0 Å². The van der Waals surface area contributed by atoms with Gasteiger partial charge in [0.2, 0.25) is 5.91 Å². The quantitative estimate of drug-likeness (QED) is 0.604. The van der Waals surface area contributed by atoms with Crippen LogP contribution in [0.15, 0.2) is 12.1 Å². The number of alkyl halides is 2. The lowest BCUT2D eigenvalue weighted by Gasteiger charge is -2.17. The minimum absolute atomic E-state index is 0.00252. The Morgan fingerprint density at radius 3 is 2.15 bits per heavy atom. The molecule has 0 aliphatic rings. The van der Waals surface area contributed by atoms with Gasteiger partial charge in [-0.1, -0.05) is 13.8 Å². The van der Waals surface area contributed by atoms with Gasteiger partial charge in [-0.3, -0.25) is 9.59 Å². The van der Waals surface area contributed by atoms with Crippen LogP contribution in [0.25, 0.3) is 0 Å². The SMILES string of the molecule is Cc1cc(C(=O)NCC(=O)N[C@@H](CC(C)C)C(=O)O)cc(C)c1OC(F)F. The van der Waals surface area contributed by atoms with Gasteiger partial charge >= 0.3 is 12.6 Å². The minimum atomic E-state index is -2.97. The van der Waals surface area contributed by atoms with Crippen molar-refractivity contribution in [3.63, 3.8) is 0 Å². The average Bonchev–Trinajstić information content (AvgIpc) is 2.54. The molecule has 0 radical (unpaired) electrons. The monoisotopic (exact) mass is 386 g/mol. The second-order valence-corrected chi connectivity index (χ2v) is 6.59.